The summed E-state index contributed by atoms with van der Waals surface area (Å²) >= 11 is 0. The highest BCUT2D eigenvalue weighted by Crippen LogP contribution is 2.53. The molecular weight excluding hydrogens is 356 g/mol. The number of allylic oxidation sites excluding steroid dienone is 8. The highest BCUT2D eigenvalue weighted by Gasteiger charge is 2.43. The standard InChI is InChI=1S/C26H28N2O/c1-4-21(11-10-18(2)22-12-13-22)24-17-28(16-23-19(3)25(23)24)26(29)27-15-14-20-8-6-5-7-9-20/h4-11,16-17,22,25H,1,3,12-15H2,2H3,(H,27,29)/b18-10+,21-11+. The van der Waals surface area contributed by atoms with Gasteiger partial charge < -0.3 is 5.32 Å². The van der Waals surface area contributed by atoms with Gasteiger partial charge in [-0.1, -0.05) is 67.3 Å². The quantitative estimate of drug-likeness (QED) is 0.603. The predicted octanol–water partition coefficient (Wildman–Crippen LogP) is 5.68. The molecule has 0 bridgehead atoms. The van der Waals surface area contributed by atoms with Crippen LogP contribution in [0.15, 0.2) is 102 Å². The summed E-state index contributed by atoms with van der Waals surface area (Å²) in [4.78, 5) is 14.4. The van der Waals surface area contributed by atoms with Gasteiger partial charge in [0, 0.05) is 24.9 Å². The summed E-state index contributed by atoms with van der Waals surface area (Å²) < 4.78 is 0. The van der Waals surface area contributed by atoms with Crippen LogP contribution < -0.4 is 5.32 Å². The molecule has 1 aromatic rings. The highest BCUT2D eigenvalue weighted by atomic mass is 16.2. The second-order valence-corrected chi connectivity index (χ2v) is 8.01. The van der Waals surface area contributed by atoms with E-state index in [1.165, 1.54) is 24.0 Å². The summed E-state index contributed by atoms with van der Waals surface area (Å²) in [6.07, 6.45) is 13.4. The molecule has 1 heterocycles. The number of nitrogens with zero attached hydrogens (tertiary/aromatic N) is 1. The Hall–Kier alpha value is -3.07. The third-order valence-corrected chi connectivity index (χ3v) is 5.88. The maximum absolute atomic E-state index is 12.7. The number of rotatable bonds is 7. The molecule has 0 radical (unpaired) electrons. The largest absolute Gasteiger partial charge is 0.337 e. The van der Waals surface area contributed by atoms with Crippen LogP contribution in [0.4, 0.5) is 4.79 Å². The van der Waals surface area contributed by atoms with Gasteiger partial charge in [0.15, 0.2) is 0 Å². The zero-order valence-corrected chi connectivity index (χ0v) is 17.0. The molecular formula is C26H28N2O. The molecule has 3 heteroatoms. The minimum atomic E-state index is -0.114. The maximum atomic E-state index is 12.7. The SMILES string of the molecule is C=C/C(=C\C=C(/C)C1CC1)C1=CN(C(=O)NCCc2ccccc2)C=C2C(=C)C21. The third kappa shape index (κ3) is 4.34. The molecule has 1 N–H and O–H groups in total. The van der Waals surface area contributed by atoms with E-state index in [0.717, 1.165) is 34.6 Å². The lowest BCUT2D eigenvalue weighted by Crippen LogP contribution is -2.35. The van der Waals surface area contributed by atoms with Crippen LogP contribution in [0.1, 0.15) is 25.3 Å². The van der Waals surface area contributed by atoms with Gasteiger partial charge in [-0.15, -0.1) is 0 Å². The van der Waals surface area contributed by atoms with Crippen molar-refractivity contribution in [1.29, 1.82) is 0 Å². The van der Waals surface area contributed by atoms with Crippen LogP contribution in [-0.2, 0) is 6.42 Å². The highest BCUT2D eigenvalue weighted by molar-refractivity contribution is 5.80. The number of nitrogens with one attached hydrogen (secondary N) is 1. The van der Waals surface area contributed by atoms with Crippen molar-refractivity contribution < 1.29 is 4.79 Å². The topological polar surface area (TPSA) is 32.3 Å². The molecule has 3 nitrogen and oxygen atoms in total. The van der Waals surface area contributed by atoms with Gasteiger partial charge in [0.2, 0.25) is 0 Å². The molecule has 29 heavy (non-hydrogen) atoms. The fourth-order valence-electron chi connectivity index (χ4n) is 3.80. The monoisotopic (exact) mass is 384 g/mol. The second kappa shape index (κ2) is 8.12. The second-order valence-electron chi connectivity index (χ2n) is 8.01. The lowest BCUT2D eigenvalue weighted by Gasteiger charge is -2.20. The summed E-state index contributed by atoms with van der Waals surface area (Å²) in [5.41, 5.74) is 7.01. The van der Waals surface area contributed by atoms with Crippen molar-refractivity contribution in [3.63, 3.8) is 0 Å². The van der Waals surface area contributed by atoms with E-state index in [0.29, 0.717) is 6.54 Å². The van der Waals surface area contributed by atoms with E-state index in [1.807, 2.05) is 36.7 Å². The van der Waals surface area contributed by atoms with Crippen LogP contribution in [0.25, 0.3) is 0 Å². The molecule has 0 aromatic heterocycles. The molecule has 1 aliphatic heterocycles. The van der Waals surface area contributed by atoms with Crippen LogP contribution in [0.3, 0.4) is 0 Å². The molecule has 4 rings (SSSR count). The Balaban J connectivity index is 1.46. The van der Waals surface area contributed by atoms with Crippen LogP contribution in [0, 0.1) is 11.8 Å². The summed E-state index contributed by atoms with van der Waals surface area (Å²) in [6.45, 7) is 11.0. The summed E-state index contributed by atoms with van der Waals surface area (Å²) in [5, 5.41) is 3.02. The number of hydrogen-bond acceptors (Lipinski definition) is 1. The first-order chi connectivity index (χ1) is 14.1. The zero-order chi connectivity index (χ0) is 20.4. The molecule has 0 saturated heterocycles. The number of fused-ring (bicyclic) bond motifs is 1. The summed E-state index contributed by atoms with van der Waals surface area (Å²) in [7, 11) is 0. The molecule has 2 aliphatic carbocycles. The maximum Gasteiger partial charge on any atom is 0.325 e. The molecule has 3 aliphatic rings. The zero-order valence-electron chi connectivity index (χ0n) is 17.0. The lowest BCUT2D eigenvalue weighted by atomic mass is 9.99. The minimum absolute atomic E-state index is 0.114. The van der Waals surface area contributed by atoms with Crippen LogP contribution >= 0.6 is 0 Å². The van der Waals surface area contributed by atoms with Crippen molar-refractivity contribution in [2.75, 3.05) is 6.54 Å². The average molecular weight is 385 g/mol. The first-order valence-corrected chi connectivity index (χ1v) is 10.3. The lowest BCUT2D eigenvalue weighted by molar-refractivity contribution is 0.226. The first-order valence-electron chi connectivity index (χ1n) is 10.3. The molecule has 1 atom stereocenters. The number of benzene rings is 1. The van der Waals surface area contributed by atoms with E-state index in [1.54, 1.807) is 4.90 Å². The van der Waals surface area contributed by atoms with E-state index in [-0.39, 0.29) is 11.9 Å². The number of hydrogen-bond donors (Lipinski definition) is 1. The molecule has 0 spiro atoms. The first kappa shape index (κ1) is 19.3. The van der Waals surface area contributed by atoms with Crippen molar-refractivity contribution in [2.45, 2.75) is 26.2 Å². The predicted molar refractivity (Wildman–Crippen MR) is 119 cm³/mol. The van der Waals surface area contributed by atoms with Gasteiger partial charge in [-0.2, -0.15) is 0 Å². The van der Waals surface area contributed by atoms with Gasteiger partial charge in [0.05, 0.1) is 0 Å². The number of amides is 2. The third-order valence-electron chi connectivity index (χ3n) is 5.88. The summed E-state index contributed by atoms with van der Waals surface area (Å²) in [5.74, 6) is 0.970. The van der Waals surface area contributed by atoms with Crippen molar-refractivity contribution in [2.24, 2.45) is 11.8 Å². The van der Waals surface area contributed by atoms with Crippen LogP contribution in [-0.4, -0.2) is 17.5 Å². The van der Waals surface area contributed by atoms with Gasteiger partial charge in [-0.05, 0) is 60.0 Å². The Morgan fingerprint density at radius 2 is 1.97 bits per heavy atom. The Labute approximate surface area is 173 Å². The van der Waals surface area contributed by atoms with E-state index in [4.69, 9.17) is 0 Å². The number of carbonyl (C=O) groups excluding carboxylic acids is 1. The van der Waals surface area contributed by atoms with Gasteiger partial charge in [-0.3, -0.25) is 4.90 Å². The van der Waals surface area contributed by atoms with Gasteiger partial charge in [-0.25, -0.2) is 4.79 Å². The van der Waals surface area contributed by atoms with Crippen LogP contribution in [0.5, 0.6) is 0 Å². The molecule has 148 valence electrons. The average Bonchev–Trinajstić information content (AvgIpc) is 3.66. The van der Waals surface area contributed by atoms with E-state index in [9.17, 15) is 4.79 Å². The molecule has 2 saturated carbocycles. The van der Waals surface area contributed by atoms with Crippen molar-refractivity contribution >= 4 is 6.03 Å². The molecule has 1 aromatic carbocycles. The summed E-state index contributed by atoms with van der Waals surface area (Å²) in [6, 6.07) is 10.1. The fraction of sp³-hybridized carbons (Fsp3) is 0.269. The Morgan fingerprint density at radius 3 is 2.66 bits per heavy atom. The van der Waals surface area contributed by atoms with Gasteiger partial charge in [0.25, 0.3) is 0 Å². The van der Waals surface area contributed by atoms with Gasteiger partial charge in [0.1, 0.15) is 0 Å². The molecule has 2 fully saturated rings. The fourth-order valence-corrected chi connectivity index (χ4v) is 3.80. The normalized spacial score (nSPS) is 21.2. The van der Waals surface area contributed by atoms with E-state index >= 15 is 0 Å². The van der Waals surface area contributed by atoms with Gasteiger partial charge >= 0.3 is 6.03 Å². The molecule has 1 unspecified atom stereocenters. The number of carbonyl (C=O) groups is 1. The van der Waals surface area contributed by atoms with E-state index < -0.39 is 0 Å². The Morgan fingerprint density at radius 1 is 1.21 bits per heavy atom. The Kier molecular flexibility index (Phi) is 5.39. The van der Waals surface area contributed by atoms with Crippen molar-refractivity contribution in [3.8, 4) is 0 Å². The van der Waals surface area contributed by atoms with Crippen molar-refractivity contribution in [3.05, 3.63) is 108 Å². The Bertz CT molecular complexity index is 958. The number of urea groups is 1. The van der Waals surface area contributed by atoms with Crippen molar-refractivity contribution in [1.82, 2.24) is 10.2 Å². The molecule has 2 amide bonds. The van der Waals surface area contributed by atoms with Crippen LogP contribution in [0.2, 0.25) is 0 Å². The minimum Gasteiger partial charge on any atom is -0.337 e. The van der Waals surface area contributed by atoms with E-state index in [2.05, 4.69) is 49.7 Å². The smallest absolute Gasteiger partial charge is 0.325 e.